The third kappa shape index (κ3) is 7.56. The number of hydrogen-bond acceptors (Lipinski definition) is 5. The van der Waals surface area contributed by atoms with Crippen LogP contribution in [-0.2, 0) is 19.1 Å². The Labute approximate surface area is 113 Å². The van der Waals surface area contributed by atoms with Gasteiger partial charge in [0.1, 0.15) is 12.1 Å². The van der Waals surface area contributed by atoms with E-state index in [4.69, 9.17) is 15.6 Å². The van der Waals surface area contributed by atoms with Crippen LogP contribution in [0.25, 0.3) is 0 Å². The molecule has 0 rings (SSSR count). The Hall–Kier alpha value is -1.43. The van der Waals surface area contributed by atoms with Gasteiger partial charge in [-0.2, -0.15) is 0 Å². The molecule has 0 saturated carbocycles. The van der Waals surface area contributed by atoms with Gasteiger partial charge in [0.15, 0.2) is 5.78 Å². The average Bonchev–Trinajstić information content (AvgIpc) is 2.34. The normalized spacial score (nSPS) is 13.6. The van der Waals surface area contributed by atoms with E-state index >= 15 is 0 Å². The zero-order chi connectivity index (χ0) is 14.8. The summed E-state index contributed by atoms with van der Waals surface area (Å²) in [5.41, 5.74) is 5.76. The molecule has 0 aromatic heterocycles. The summed E-state index contributed by atoms with van der Waals surface area (Å²) in [4.78, 5) is 33.6. The lowest BCUT2D eigenvalue weighted by atomic mass is 10.00. The Morgan fingerprint density at radius 3 is 2.21 bits per heavy atom. The van der Waals surface area contributed by atoms with Gasteiger partial charge in [-0.3, -0.25) is 14.4 Å². The standard InChI is InChI=1S/C13H23NO5/c1-3-5-10(19-12(18)6-4-2)13(14)9(15)7-8-11(16)17/h10,13H,3-8,14H2,1-2H3,(H,16,17). The van der Waals surface area contributed by atoms with Crippen LogP contribution >= 0.6 is 0 Å². The highest BCUT2D eigenvalue weighted by Crippen LogP contribution is 2.11. The van der Waals surface area contributed by atoms with Gasteiger partial charge in [-0.15, -0.1) is 0 Å². The van der Waals surface area contributed by atoms with Crippen molar-refractivity contribution < 1.29 is 24.2 Å². The van der Waals surface area contributed by atoms with Crippen molar-refractivity contribution in [1.29, 1.82) is 0 Å². The maximum Gasteiger partial charge on any atom is 0.306 e. The molecule has 0 spiro atoms. The third-order valence-corrected chi connectivity index (χ3v) is 2.67. The molecule has 0 aromatic rings. The minimum absolute atomic E-state index is 0.137. The van der Waals surface area contributed by atoms with Crippen molar-refractivity contribution in [2.75, 3.05) is 0 Å². The maximum atomic E-state index is 11.7. The van der Waals surface area contributed by atoms with Crippen LogP contribution < -0.4 is 5.73 Å². The van der Waals surface area contributed by atoms with Gasteiger partial charge in [-0.05, 0) is 12.8 Å². The number of ketones is 1. The first-order chi connectivity index (χ1) is 8.92. The van der Waals surface area contributed by atoms with Gasteiger partial charge in [0.05, 0.1) is 6.42 Å². The maximum absolute atomic E-state index is 11.7. The van der Waals surface area contributed by atoms with Crippen molar-refractivity contribution >= 4 is 17.7 Å². The number of esters is 1. The fraction of sp³-hybridized carbons (Fsp3) is 0.769. The number of Topliss-reactive ketones (excluding diaryl/α,β-unsaturated/α-hetero) is 1. The van der Waals surface area contributed by atoms with E-state index in [9.17, 15) is 14.4 Å². The molecule has 0 aliphatic rings. The minimum Gasteiger partial charge on any atom is -0.481 e. The summed E-state index contributed by atoms with van der Waals surface area (Å²) in [6.45, 7) is 3.75. The molecule has 19 heavy (non-hydrogen) atoms. The molecule has 0 aromatic carbocycles. The molecule has 0 aliphatic heterocycles. The predicted octanol–water partition coefficient (Wildman–Crippen LogP) is 1.26. The summed E-state index contributed by atoms with van der Waals surface area (Å²) in [6, 6.07) is -0.944. The van der Waals surface area contributed by atoms with E-state index in [0.717, 1.165) is 6.42 Å². The van der Waals surface area contributed by atoms with Gasteiger partial charge in [-0.1, -0.05) is 20.3 Å². The molecule has 6 nitrogen and oxygen atoms in total. The molecule has 6 heteroatoms. The van der Waals surface area contributed by atoms with Crippen LogP contribution in [-0.4, -0.2) is 35.0 Å². The fourth-order valence-corrected chi connectivity index (χ4v) is 1.63. The first-order valence-electron chi connectivity index (χ1n) is 6.61. The average molecular weight is 273 g/mol. The molecule has 0 bridgehead atoms. The summed E-state index contributed by atoms with van der Waals surface area (Å²) in [6.07, 6.45) is 1.12. The van der Waals surface area contributed by atoms with Crippen molar-refractivity contribution in [3.8, 4) is 0 Å². The number of carboxylic acid groups (broad SMARTS) is 1. The number of ether oxygens (including phenoxy) is 1. The predicted molar refractivity (Wildman–Crippen MR) is 69.5 cm³/mol. The van der Waals surface area contributed by atoms with Gasteiger partial charge in [0, 0.05) is 12.8 Å². The van der Waals surface area contributed by atoms with Gasteiger partial charge in [-0.25, -0.2) is 0 Å². The van der Waals surface area contributed by atoms with Crippen LogP contribution in [0.5, 0.6) is 0 Å². The Morgan fingerprint density at radius 2 is 1.74 bits per heavy atom. The molecular formula is C13H23NO5. The summed E-state index contributed by atoms with van der Waals surface area (Å²) in [5.74, 6) is -1.80. The Morgan fingerprint density at radius 1 is 1.11 bits per heavy atom. The SMILES string of the molecule is CCCC(=O)OC(CCC)C(N)C(=O)CCC(=O)O. The van der Waals surface area contributed by atoms with Crippen molar-refractivity contribution in [3.63, 3.8) is 0 Å². The van der Waals surface area contributed by atoms with Crippen LogP contribution in [0.15, 0.2) is 0 Å². The minimum atomic E-state index is -1.05. The number of nitrogens with two attached hydrogens (primary N) is 1. The van der Waals surface area contributed by atoms with Crippen molar-refractivity contribution in [2.45, 2.75) is 64.5 Å². The smallest absolute Gasteiger partial charge is 0.306 e. The molecule has 0 heterocycles. The van der Waals surface area contributed by atoms with E-state index in [1.54, 1.807) is 0 Å². The molecule has 0 aliphatic carbocycles. The van der Waals surface area contributed by atoms with E-state index in [-0.39, 0.29) is 31.0 Å². The number of aliphatic carboxylic acids is 1. The van der Waals surface area contributed by atoms with Crippen LogP contribution in [0.3, 0.4) is 0 Å². The fourth-order valence-electron chi connectivity index (χ4n) is 1.63. The quantitative estimate of drug-likeness (QED) is 0.580. The molecule has 2 atom stereocenters. The van der Waals surface area contributed by atoms with Crippen LogP contribution in [0.1, 0.15) is 52.4 Å². The Balaban J connectivity index is 4.45. The monoisotopic (exact) mass is 273 g/mol. The summed E-state index contributed by atoms with van der Waals surface area (Å²) in [7, 11) is 0. The third-order valence-electron chi connectivity index (χ3n) is 2.67. The number of carbonyl (C=O) groups excluding carboxylic acids is 2. The zero-order valence-electron chi connectivity index (χ0n) is 11.6. The Kier molecular flexibility index (Phi) is 8.78. The first kappa shape index (κ1) is 17.6. The summed E-state index contributed by atoms with van der Waals surface area (Å²) in [5, 5.41) is 8.52. The van der Waals surface area contributed by atoms with Gasteiger partial charge in [0.2, 0.25) is 0 Å². The van der Waals surface area contributed by atoms with Crippen molar-refractivity contribution in [1.82, 2.24) is 0 Å². The van der Waals surface area contributed by atoms with Crippen molar-refractivity contribution in [2.24, 2.45) is 5.73 Å². The molecule has 0 radical (unpaired) electrons. The van der Waals surface area contributed by atoms with E-state index in [0.29, 0.717) is 12.8 Å². The molecule has 110 valence electrons. The summed E-state index contributed by atoms with van der Waals surface area (Å²) < 4.78 is 5.19. The lowest BCUT2D eigenvalue weighted by Crippen LogP contribution is -2.44. The van der Waals surface area contributed by atoms with Gasteiger partial charge in [0.25, 0.3) is 0 Å². The van der Waals surface area contributed by atoms with Crippen molar-refractivity contribution in [3.05, 3.63) is 0 Å². The van der Waals surface area contributed by atoms with E-state index in [1.165, 1.54) is 0 Å². The molecule has 2 unspecified atom stereocenters. The number of carbonyl (C=O) groups is 3. The Bertz CT molecular complexity index is 316. The van der Waals surface area contributed by atoms with Crippen LogP contribution in [0.4, 0.5) is 0 Å². The zero-order valence-corrected chi connectivity index (χ0v) is 11.6. The number of hydrogen-bond donors (Lipinski definition) is 2. The molecule has 0 saturated heterocycles. The lowest BCUT2D eigenvalue weighted by Gasteiger charge is -2.22. The second-order valence-electron chi connectivity index (χ2n) is 4.45. The highest BCUT2D eigenvalue weighted by atomic mass is 16.5. The number of carboxylic acids is 1. The molecule has 0 fully saturated rings. The molecular weight excluding hydrogens is 250 g/mol. The van der Waals surface area contributed by atoms with Gasteiger partial charge >= 0.3 is 11.9 Å². The van der Waals surface area contributed by atoms with Crippen LogP contribution in [0.2, 0.25) is 0 Å². The van der Waals surface area contributed by atoms with Crippen LogP contribution in [0, 0.1) is 0 Å². The van der Waals surface area contributed by atoms with Gasteiger partial charge < -0.3 is 15.6 Å². The number of rotatable bonds is 10. The second-order valence-corrected chi connectivity index (χ2v) is 4.45. The molecule has 0 amide bonds. The second kappa shape index (κ2) is 9.49. The van der Waals surface area contributed by atoms with E-state index < -0.39 is 18.1 Å². The highest BCUT2D eigenvalue weighted by Gasteiger charge is 2.27. The van der Waals surface area contributed by atoms with E-state index in [1.807, 2.05) is 13.8 Å². The summed E-state index contributed by atoms with van der Waals surface area (Å²) >= 11 is 0. The van der Waals surface area contributed by atoms with E-state index in [2.05, 4.69) is 0 Å². The first-order valence-corrected chi connectivity index (χ1v) is 6.61. The lowest BCUT2D eigenvalue weighted by molar-refractivity contribution is -0.152. The molecule has 3 N–H and O–H groups in total. The highest BCUT2D eigenvalue weighted by molar-refractivity contribution is 5.87. The topological polar surface area (TPSA) is 107 Å². The largest absolute Gasteiger partial charge is 0.481 e.